The van der Waals surface area contributed by atoms with Crippen molar-refractivity contribution in [3.63, 3.8) is 0 Å². The zero-order chi connectivity index (χ0) is 23.2. The summed E-state index contributed by atoms with van der Waals surface area (Å²) in [7, 11) is 0. The number of carbonyl (C=O) groups is 2. The van der Waals surface area contributed by atoms with Gasteiger partial charge < -0.3 is 10.2 Å². The molecule has 31 heavy (non-hydrogen) atoms. The summed E-state index contributed by atoms with van der Waals surface area (Å²) in [5.74, 6) is -2.66. The molecule has 4 nitrogen and oxygen atoms in total. The Balaban J connectivity index is 3.94. The lowest BCUT2D eigenvalue weighted by Crippen LogP contribution is -2.23. The molecule has 0 saturated carbocycles. The molecule has 184 valence electrons. The van der Waals surface area contributed by atoms with E-state index in [4.69, 9.17) is 0 Å². The fourth-order valence-electron chi connectivity index (χ4n) is 4.43. The van der Waals surface area contributed by atoms with Gasteiger partial charge in [-0.3, -0.25) is 9.59 Å². The van der Waals surface area contributed by atoms with Crippen LogP contribution in [0.5, 0.6) is 0 Å². The van der Waals surface area contributed by atoms with Crippen LogP contribution in [0.1, 0.15) is 149 Å². The van der Waals surface area contributed by atoms with Gasteiger partial charge in [-0.25, -0.2) is 0 Å². The first-order valence-electron chi connectivity index (χ1n) is 13.5. The lowest BCUT2D eigenvalue weighted by molar-refractivity contribution is -0.146. The molecule has 0 aromatic carbocycles. The maximum Gasteiger partial charge on any atom is 0.306 e. The minimum atomic E-state index is -0.823. The number of rotatable bonds is 24. The Morgan fingerprint density at radius 2 is 0.742 bits per heavy atom. The van der Waals surface area contributed by atoms with E-state index in [2.05, 4.69) is 13.8 Å². The van der Waals surface area contributed by atoms with Gasteiger partial charge in [0.25, 0.3) is 0 Å². The van der Waals surface area contributed by atoms with Crippen molar-refractivity contribution < 1.29 is 19.8 Å². The molecule has 0 aliphatic heterocycles. The Labute approximate surface area is 192 Å². The molecule has 0 aliphatic carbocycles. The third-order valence-electron chi connectivity index (χ3n) is 6.58. The van der Waals surface area contributed by atoms with Gasteiger partial charge in [0.15, 0.2) is 0 Å². The summed E-state index contributed by atoms with van der Waals surface area (Å²) >= 11 is 0. The van der Waals surface area contributed by atoms with Crippen LogP contribution in [0, 0.1) is 11.8 Å². The summed E-state index contributed by atoms with van der Waals surface area (Å²) < 4.78 is 0. The minimum absolute atomic E-state index is 0.290. The third-order valence-corrected chi connectivity index (χ3v) is 6.58. The minimum Gasteiger partial charge on any atom is -0.481 e. The van der Waals surface area contributed by atoms with Crippen LogP contribution in [0.15, 0.2) is 0 Å². The van der Waals surface area contributed by atoms with Crippen LogP contribution in [0.2, 0.25) is 0 Å². The molecule has 0 rings (SSSR count). The number of hydrogen-bond acceptors (Lipinski definition) is 2. The molecule has 2 unspecified atom stereocenters. The van der Waals surface area contributed by atoms with Crippen molar-refractivity contribution in [3.05, 3.63) is 0 Å². The molecule has 4 heteroatoms. The summed E-state index contributed by atoms with van der Waals surface area (Å²) in [4.78, 5) is 23.3. The van der Waals surface area contributed by atoms with E-state index < -0.39 is 23.8 Å². The molecule has 2 atom stereocenters. The van der Waals surface area contributed by atoms with Gasteiger partial charge in [0.2, 0.25) is 0 Å². The van der Waals surface area contributed by atoms with E-state index in [1.54, 1.807) is 0 Å². The van der Waals surface area contributed by atoms with Crippen molar-refractivity contribution in [2.75, 3.05) is 0 Å². The van der Waals surface area contributed by atoms with Crippen molar-refractivity contribution in [2.24, 2.45) is 11.8 Å². The highest BCUT2D eigenvalue weighted by Crippen LogP contribution is 2.24. The predicted octanol–water partition coefficient (Wildman–Crippen LogP) is 8.62. The van der Waals surface area contributed by atoms with E-state index in [1.807, 2.05) is 0 Å². The molecule has 0 aliphatic rings. The van der Waals surface area contributed by atoms with Crippen LogP contribution in [-0.4, -0.2) is 22.2 Å². The molecule has 2 N–H and O–H groups in total. The van der Waals surface area contributed by atoms with Crippen molar-refractivity contribution in [1.82, 2.24) is 0 Å². The fraction of sp³-hybridized carbons (Fsp3) is 0.926. The molecule has 0 fully saturated rings. The van der Waals surface area contributed by atoms with Crippen LogP contribution in [0.3, 0.4) is 0 Å². The number of hydrogen-bond donors (Lipinski definition) is 2. The van der Waals surface area contributed by atoms with E-state index in [0.29, 0.717) is 12.8 Å². The van der Waals surface area contributed by atoms with Gasteiger partial charge in [-0.1, -0.05) is 129 Å². The lowest BCUT2D eigenvalue weighted by atomic mass is 9.87. The summed E-state index contributed by atoms with van der Waals surface area (Å²) in [6.07, 6.45) is 23.3. The molecule has 0 amide bonds. The normalized spacial score (nSPS) is 13.2. The second-order valence-corrected chi connectivity index (χ2v) is 9.54. The molecular formula is C27H52O4. The average molecular weight is 441 g/mol. The summed E-state index contributed by atoms with van der Waals surface area (Å²) in [5.41, 5.74) is 0. The Bertz CT molecular complexity index is 421. The van der Waals surface area contributed by atoms with E-state index in [9.17, 15) is 19.8 Å². The largest absolute Gasteiger partial charge is 0.481 e. The van der Waals surface area contributed by atoms with Gasteiger partial charge in [-0.2, -0.15) is 0 Å². The molecule has 0 aromatic rings. The zero-order valence-electron chi connectivity index (χ0n) is 20.7. The second-order valence-electron chi connectivity index (χ2n) is 9.54. The maximum absolute atomic E-state index is 11.7. The molecule has 0 bridgehead atoms. The van der Waals surface area contributed by atoms with Crippen LogP contribution < -0.4 is 0 Å². The van der Waals surface area contributed by atoms with Gasteiger partial charge in [0.05, 0.1) is 11.8 Å². The highest BCUT2D eigenvalue weighted by molar-refractivity contribution is 5.73. The maximum atomic E-state index is 11.7. The first-order chi connectivity index (χ1) is 15.0. The molecule has 0 saturated heterocycles. The van der Waals surface area contributed by atoms with Crippen LogP contribution in [0.25, 0.3) is 0 Å². The lowest BCUT2D eigenvalue weighted by Gasteiger charge is -2.18. The van der Waals surface area contributed by atoms with Crippen LogP contribution in [0.4, 0.5) is 0 Å². The quantitative estimate of drug-likeness (QED) is 0.147. The number of carboxylic acids is 2. The number of aliphatic carboxylic acids is 2. The Morgan fingerprint density at radius 3 is 1.00 bits per heavy atom. The highest BCUT2D eigenvalue weighted by atomic mass is 16.4. The molecule has 0 heterocycles. The Hall–Kier alpha value is -1.06. The van der Waals surface area contributed by atoms with Gasteiger partial charge >= 0.3 is 11.9 Å². The zero-order valence-corrected chi connectivity index (χ0v) is 20.7. The summed E-state index contributed by atoms with van der Waals surface area (Å²) in [5, 5.41) is 19.1. The van der Waals surface area contributed by atoms with Gasteiger partial charge in [0.1, 0.15) is 0 Å². The molecule has 0 aromatic heterocycles. The van der Waals surface area contributed by atoms with Crippen molar-refractivity contribution in [1.29, 1.82) is 0 Å². The van der Waals surface area contributed by atoms with Crippen molar-refractivity contribution in [2.45, 2.75) is 149 Å². The van der Waals surface area contributed by atoms with Crippen molar-refractivity contribution in [3.8, 4) is 0 Å². The van der Waals surface area contributed by atoms with E-state index in [1.165, 1.54) is 83.5 Å². The summed E-state index contributed by atoms with van der Waals surface area (Å²) in [6, 6.07) is 0. The molecule has 0 spiro atoms. The van der Waals surface area contributed by atoms with Crippen LogP contribution in [-0.2, 0) is 9.59 Å². The first-order valence-corrected chi connectivity index (χ1v) is 13.5. The molecule has 0 radical (unpaired) electrons. The van der Waals surface area contributed by atoms with E-state index in [0.717, 1.165) is 32.1 Å². The van der Waals surface area contributed by atoms with Crippen LogP contribution >= 0.6 is 0 Å². The van der Waals surface area contributed by atoms with E-state index in [-0.39, 0.29) is 6.42 Å². The predicted molar refractivity (Wildman–Crippen MR) is 131 cm³/mol. The third kappa shape index (κ3) is 19.4. The Kier molecular flexibility index (Phi) is 21.4. The SMILES string of the molecule is CCCCCCCCCCCCCC(CC(CCCCCCCCC)C(=O)O)C(=O)O. The monoisotopic (exact) mass is 440 g/mol. The number of unbranched alkanes of at least 4 members (excludes halogenated alkanes) is 16. The second kappa shape index (κ2) is 22.1. The van der Waals surface area contributed by atoms with Gasteiger partial charge in [-0.15, -0.1) is 0 Å². The van der Waals surface area contributed by atoms with E-state index >= 15 is 0 Å². The first kappa shape index (κ1) is 29.9. The summed E-state index contributed by atoms with van der Waals surface area (Å²) in [6.45, 7) is 4.44. The Morgan fingerprint density at radius 1 is 0.484 bits per heavy atom. The fourth-order valence-corrected chi connectivity index (χ4v) is 4.43. The van der Waals surface area contributed by atoms with Gasteiger partial charge in [-0.05, 0) is 19.3 Å². The average Bonchev–Trinajstić information content (AvgIpc) is 2.74. The van der Waals surface area contributed by atoms with Crippen molar-refractivity contribution >= 4 is 11.9 Å². The standard InChI is InChI=1S/C27H52O4/c1-3-5-7-9-11-12-13-14-16-18-20-22-25(27(30)31)23-24(26(28)29)21-19-17-15-10-8-6-4-2/h24-25H,3-23H2,1-2H3,(H,28,29)(H,30,31). The topological polar surface area (TPSA) is 74.6 Å². The highest BCUT2D eigenvalue weighted by Gasteiger charge is 2.26. The number of carboxylic acid groups (broad SMARTS) is 2. The van der Waals surface area contributed by atoms with Gasteiger partial charge in [0, 0.05) is 0 Å². The molecular weight excluding hydrogens is 388 g/mol. The smallest absolute Gasteiger partial charge is 0.306 e.